The SMILES string of the molecule is C=Cn1cc[n+](CCCC)c1C. The maximum absolute atomic E-state index is 3.74. The Morgan fingerprint density at radius 1 is 1.67 bits per heavy atom. The molecular weight excluding hydrogens is 148 g/mol. The van der Waals surface area contributed by atoms with Crippen molar-refractivity contribution >= 4 is 6.20 Å². The zero-order valence-electron chi connectivity index (χ0n) is 7.95. The molecule has 0 aliphatic rings. The van der Waals surface area contributed by atoms with E-state index in [0.717, 1.165) is 6.54 Å². The van der Waals surface area contributed by atoms with E-state index < -0.39 is 0 Å². The molecule has 0 saturated carbocycles. The molecule has 66 valence electrons. The van der Waals surface area contributed by atoms with E-state index in [1.165, 1.54) is 18.7 Å². The third kappa shape index (κ3) is 1.76. The van der Waals surface area contributed by atoms with Crippen LogP contribution >= 0.6 is 0 Å². The van der Waals surface area contributed by atoms with Gasteiger partial charge in [-0.3, -0.25) is 0 Å². The van der Waals surface area contributed by atoms with Gasteiger partial charge < -0.3 is 0 Å². The first kappa shape index (κ1) is 9.04. The van der Waals surface area contributed by atoms with Crippen molar-refractivity contribution in [2.24, 2.45) is 0 Å². The van der Waals surface area contributed by atoms with Crippen molar-refractivity contribution in [3.05, 3.63) is 24.8 Å². The molecule has 1 aromatic heterocycles. The van der Waals surface area contributed by atoms with Crippen LogP contribution in [0.15, 0.2) is 19.0 Å². The molecule has 0 saturated heterocycles. The third-order valence-corrected chi connectivity index (χ3v) is 2.15. The van der Waals surface area contributed by atoms with Crippen LogP contribution in [0.1, 0.15) is 25.6 Å². The molecule has 0 atom stereocenters. The Labute approximate surface area is 74.1 Å². The summed E-state index contributed by atoms with van der Waals surface area (Å²) in [5.74, 6) is 1.25. The number of aryl methyl sites for hydroxylation is 1. The summed E-state index contributed by atoms with van der Waals surface area (Å²) in [6.45, 7) is 9.17. The van der Waals surface area contributed by atoms with E-state index in [1.54, 1.807) is 0 Å². The number of rotatable bonds is 4. The maximum atomic E-state index is 3.74. The quantitative estimate of drug-likeness (QED) is 0.603. The average Bonchev–Trinajstić information content (AvgIpc) is 2.43. The summed E-state index contributed by atoms with van der Waals surface area (Å²) in [4.78, 5) is 0. The predicted octanol–water partition coefficient (Wildman–Crippen LogP) is 1.98. The Balaban J connectivity index is 2.72. The molecule has 12 heavy (non-hydrogen) atoms. The van der Waals surface area contributed by atoms with E-state index in [4.69, 9.17) is 0 Å². The molecule has 0 N–H and O–H groups in total. The van der Waals surface area contributed by atoms with Gasteiger partial charge in [0.2, 0.25) is 0 Å². The van der Waals surface area contributed by atoms with Gasteiger partial charge in [0.15, 0.2) is 0 Å². The highest BCUT2D eigenvalue weighted by Crippen LogP contribution is 1.95. The number of hydrogen-bond acceptors (Lipinski definition) is 0. The first-order valence-corrected chi connectivity index (χ1v) is 4.49. The van der Waals surface area contributed by atoms with Crippen LogP contribution in [0, 0.1) is 6.92 Å². The van der Waals surface area contributed by atoms with Crippen molar-refractivity contribution in [1.29, 1.82) is 0 Å². The molecule has 0 aromatic carbocycles. The Morgan fingerprint density at radius 3 is 2.92 bits per heavy atom. The Kier molecular flexibility index (Phi) is 3.09. The van der Waals surface area contributed by atoms with Crippen molar-refractivity contribution < 1.29 is 4.57 Å². The van der Waals surface area contributed by atoms with Crippen LogP contribution in [0.2, 0.25) is 0 Å². The molecule has 1 rings (SSSR count). The summed E-state index contributed by atoms with van der Waals surface area (Å²) in [6, 6.07) is 0. The second-order valence-electron chi connectivity index (χ2n) is 2.98. The summed E-state index contributed by atoms with van der Waals surface area (Å²) < 4.78 is 4.29. The van der Waals surface area contributed by atoms with Gasteiger partial charge in [-0.15, -0.1) is 0 Å². The molecule has 0 spiro atoms. The van der Waals surface area contributed by atoms with Gasteiger partial charge in [0.1, 0.15) is 12.4 Å². The Bertz CT molecular complexity index is 261. The minimum atomic E-state index is 1.11. The topological polar surface area (TPSA) is 8.81 Å². The van der Waals surface area contributed by atoms with Crippen LogP contribution in [0.25, 0.3) is 6.20 Å². The van der Waals surface area contributed by atoms with Crippen molar-refractivity contribution in [2.75, 3.05) is 0 Å². The molecular formula is C10H17N2+. The lowest BCUT2D eigenvalue weighted by Crippen LogP contribution is -2.35. The van der Waals surface area contributed by atoms with Crippen LogP contribution in [0.5, 0.6) is 0 Å². The van der Waals surface area contributed by atoms with Crippen LogP contribution in [-0.4, -0.2) is 4.57 Å². The van der Waals surface area contributed by atoms with Gasteiger partial charge in [0, 0.05) is 6.92 Å². The molecule has 1 heterocycles. The molecule has 0 radical (unpaired) electrons. The second-order valence-corrected chi connectivity index (χ2v) is 2.98. The highest BCUT2D eigenvalue weighted by molar-refractivity contribution is 5.16. The van der Waals surface area contributed by atoms with E-state index in [9.17, 15) is 0 Å². The lowest BCUT2D eigenvalue weighted by Gasteiger charge is -1.96. The Hall–Kier alpha value is -1.05. The van der Waals surface area contributed by atoms with Gasteiger partial charge in [0.25, 0.3) is 5.82 Å². The van der Waals surface area contributed by atoms with Gasteiger partial charge >= 0.3 is 0 Å². The molecule has 0 fully saturated rings. The monoisotopic (exact) mass is 165 g/mol. The second kappa shape index (κ2) is 4.10. The fourth-order valence-electron chi connectivity index (χ4n) is 1.27. The van der Waals surface area contributed by atoms with Crippen molar-refractivity contribution in [3.8, 4) is 0 Å². The van der Waals surface area contributed by atoms with Crippen molar-refractivity contribution in [1.82, 2.24) is 4.57 Å². The highest BCUT2D eigenvalue weighted by atomic mass is 15.1. The summed E-state index contributed by atoms with van der Waals surface area (Å²) in [6.07, 6.45) is 8.46. The molecule has 2 nitrogen and oxygen atoms in total. The lowest BCUT2D eigenvalue weighted by atomic mass is 10.3. The van der Waals surface area contributed by atoms with Crippen LogP contribution in [0.3, 0.4) is 0 Å². The van der Waals surface area contributed by atoms with Crippen LogP contribution < -0.4 is 4.57 Å². The average molecular weight is 165 g/mol. The molecule has 2 heteroatoms. The van der Waals surface area contributed by atoms with Gasteiger partial charge in [-0.25, -0.2) is 9.13 Å². The van der Waals surface area contributed by atoms with E-state index >= 15 is 0 Å². The smallest absolute Gasteiger partial charge is 0.234 e. The summed E-state index contributed by atoms with van der Waals surface area (Å²) in [5, 5.41) is 0. The van der Waals surface area contributed by atoms with Gasteiger partial charge in [-0.2, -0.15) is 0 Å². The van der Waals surface area contributed by atoms with Crippen molar-refractivity contribution in [3.63, 3.8) is 0 Å². The van der Waals surface area contributed by atoms with Crippen molar-refractivity contribution in [2.45, 2.75) is 33.2 Å². The summed E-state index contributed by atoms with van der Waals surface area (Å²) in [5.41, 5.74) is 0. The number of unbranched alkanes of at least 4 members (excludes halogenated alkanes) is 1. The fraction of sp³-hybridized carbons (Fsp3) is 0.500. The van der Waals surface area contributed by atoms with E-state index in [1.807, 2.05) is 17.0 Å². The zero-order chi connectivity index (χ0) is 8.97. The normalized spacial score (nSPS) is 10.2. The molecule has 0 aliphatic heterocycles. The Morgan fingerprint density at radius 2 is 2.42 bits per heavy atom. The molecule has 1 aromatic rings. The largest absolute Gasteiger partial charge is 0.257 e. The predicted molar refractivity (Wildman–Crippen MR) is 50.7 cm³/mol. The fourth-order valence-corrected chi connectivity index (χ4v) is 1.27. The number of imidazole rings is 1. The van der Waals surface area contributed by atoms with Gasteiger partial charge in [0.05, 0.1) is 12.7 Å². The molecule has 0 aliphatic carbocycles. The molecule has 0 amide bonds. The van der Waals surface area contributed by atoms with Gasteiger partial charge in [-0.1, -0.05) is 19.9 Å². The summed E-state index contributed by atoms with van der Waals surface area (Å²) in [7, 11) is 0. The standard InChI is InChI=1S/C10H17N2/c1-4-6-7-12-9-8-11(5-2)10(12)3/h5,8-9H,2,4,6-7H2,1,3H3/q+1. The maximum Gasteiger partial charge on any atom is 0.257 e. The van der Waals surface area contributed by atoms with E-state index in [0.29, 0.717) is 0 Å². The molecule has 0 unspecified atom stereocenters. The van der Waals surface area contributed by atoms with E-state index in [2.05, 4.69) is 31.2 Å². The third-order valence-electron chi connectivity index (χ3n) is 2.15. The van der Waals surface area contributed by atoms with Gasteiger partial charge in [-0.05, 0) is 6.42 Å². The zero-order valence-corrected chi connectivity index (χ0v) is 7.95. The minimum absolute atomic E-state index is 1.11. The van der Waals surface area contributed by atoms with Crippen LogP contribution in [0.4, 0.5) is 0 Å². The highest BCUT2D eigenvalue weighted by Gasteiger charge is 2.07. The number of aromatic nitrogens is 2. The summed E-state index contributed by atoms with van der Waals surface area (Å²) >= 11 is 0. The van der Waals surface area contributed by atoms with E-state index in [-0.39, 0.29) is 0 Å². The number of hydrogen-bond donors (Lipinski definition) is 0. The first-order valence-electron chi connectivity index (χ1n) is 4.49. The lowest BCUT2D eigenvalue weighted by molar-refractivity contribution is -0.702. The van der Waals surface area contributed by atoms with Crippen LogP contribution in [-0.2, 0) is 6.54 Å². The molecule has 0 bridgehead atoms. The first-order chi connectivity index (χ1) is 5.79. The minimum Gasteiger partial charge on any atom is -0.234 e. The number of nitrogens with zero attached hydrogens (tertiary/aromatic N) is 2.